The Hall–Kier alpha value is -1.45. The number of ketones is 1. The Labute approximate surface area is 85.9 Å². The van der Waals surface area contributed by atoms with Gasteiger partial charge in [0.25, 0.3) is 6.43 Å². The molecule has 0 bridgehead atoms. The summed E-state index contributed by atoms with van der Waals surface area (Å²) in [6, 6.07) is 4.99. The smallest absolute Gasteiger partial charge is 0.272 e. The molecule has 1 aromatic rings. The third-order valence-corrected chi connectivity index (χ3v) is 2.40. The van der Waals surface area contributed by atoms with Gasteiger partial charge in [-0.15, -0.1) is 0 Å². The summed E-state index contributed by atoms with van der Waals surface area (Å²) >= 11 is 0. The predicted molar refractivity (Wildman–Crippen MR) is 50.6 cm³/mol. The number of ether oxygens (including phenoxy) is 1. The Morgan fingerprint density at radius 3 is 2.87 bits per heavy atom. The van der Waals surface area contributed by atoms with Crippen LogP contribution in [0.3, 0.4) is 0 Å². The zero-order valence-electron chi connectivity index (χ0n) is 8.00. The van der Waals surface area contributed by atoms with Crippen molar-refractivity contribution in [1.82, 2.24) is 0 Å². The molecule has 4 heteroatoms. The lowest BCUT2D eigenvalue weighted by Gasteiger charge is -2.09. The fourth-order valence-electron chi connectivity index (χ4n) is 1.75. The summed E-state index contributed by atoms with van der Waals surface area (Å²) in [5.41, 5.74) is 1.38. The fourth-order valence-corrected chi connectivity index (χ4v) is 1.75. The van der Waals surface area contributed by atoms with Crippen LogP contribution in [-0.4, -0.2) is 18.8 Å². The number of hydrogen-bond acceptors (Lipinski definition) is 2. The Morgan fingerprint density at radius 2 is 2.13 bits per heavy atom. The Kier molecular flexibility index (Phi) is 2.66. The number of alkyl halides is 2. The van der Waals surface area contributed by atoms with E-state index < -0.39 is 13.0 Å². The van der Waals surface area contributed by atoms with Gasteiger partial charge in [-0.25, -0.2) is 8.78 Å². The van der Waals surface area contributed by atoms with Crippen LogP contribution in [0.2, 0.25) is 0 Å². The molecule has 0 radical (unpaired) electrons. The average molecular weight is 212 g/mol. The van der Waals surface area contributed by atoms with Gasteiger partial charge in [-0.3, -0.25) is 4.79 Å². The molecule has 0 N–H and O–H groups in total. The topological polar surface area (TPSA) is 26.3 Å². The van der Waals surface area contributed by atoms with Crippen molar-refractivity contribution < 1.29 is 18.3 Å². The van der Waals surface area contributed by atoms with Gasteiger partial charge >= 0.3 is 0 Å². The highest BCUT2D eigenvalue weighted by Gasteiger charge is 2.22. The number of rotatable bonds is 3. The first-order valence-corrected chi connectivity index (χ1v) is 4.74. The van der Waals surface area contributed by atoms with Gasteiger partial charge in [-0.05, 0) is 12.5 Å². The van der Waals surface area contributed by atoms with Crippen molar-refractivity contribution >= 4 is 5.78 Å². The first kappa shape index (κ1) is 10.1. The number of fused-ring (bicyclic) bond motifs is 1. The maximum atomic E-state index is 12.0. The van der Waals surface area contributed by atoms with Gasteiger partial charge in [0, 0.05) is 17.5 Å². The first-order valence-electron chi connectivity index (χ1n) is 4.74. The summed E-state index contributed by atoms with van der Waals surface area (Å²) in [5.74, 6) is 0.478. The lowest BCUT2D eigenvalue weighted by Crippen LogP contribution is -2.08. The van der Waals surface area contributed by atoms with Crippen LogP contribution in [0.4, 0.5) is 8.78 Å². The van der Waals surface area contributed by atoms with E-state index in [1.54, 1.807) is 18.2 Å². The van der Waals surface area contributed by atoms with Crippen molar-refractivity contribution in [2.24, 2.45) is 0 Å². The number of hydrogen-bond donors (Lipinski definition) is 0. The van der Waals surface area contributed by atoms with Gasteiger partial charge in [-0.2, -0.15) is 0 Å². The third kappa shape index (κ3) is 1.98. The van der Waals surface area contributed by atoms with E-state index in [2.05, 4.69) is 0 Å². The lowest BCUT2D eigenvalue weighted by molar-refractivity contribution is 0.0815. The molecule has 0 unspecified atom stereocenters. The minimum atomic E-state index is -2.49. The summed E-state index contributed by atoms with van der Waals surface area (Å²) in [4.78, 5) is 11.4. The first-order chi connectivity index (χ1) is 7.18. The second-order valence-corrected chi connectivity index (χ2v) is 3.41. The fraction of sp³-hybridized carbons (Fsp3) is 0.364. The van der Waals surface area contributed by atoms with E-state index >= 15 is 0 Å². The second kappa shape index (κ2) is 3.96. The van der Waals surface area contributed by atoms with Crippen LogP contribution in [0, 0.1) is 0 Å². The average Bonchev–Trinajstić information content (AvgIpc) is 2.58. The van der Waals surface area contributed by atoms with Gasteiger partial charge in [0.05, 0.1) is 0 Å². The zero-order valence-corrected chi connectivity index (χ0v) is 8.00. The molecule has 0 atom stereocenters. The molecule has 2 nitrogen and oxygen atoms in total. The van der Waals surface area contributed by atoms with Crippen molar-refractivity contribution in [3.8, 4) is 5.75 Å². The van der Waals surface area contributed by atoms with E-state index in [0.29, 0.717) is 24.2 Å². The van der Waals surface area contributed by atoms with Crippen molar-refractivity contribution in [2.75, 3.05) is 6.61 Å². The predicted octanol–water partition coefficient (Wildman–Crippen LogP) is 2.46. The van der Waals surface area contributed by atoms with Crippen molar-refractivity contribution in [3.63, 3.8) is 0 Å². The molecule has 0 aromatic heterocycles. The molecule has 80 valence electrons. The van der Waals surface area contributed by atoms with E-state index in [4.69, 9.17) is 4.74 Å². The molecule has 0 fully saturated rings. The summed E-state index contributed by atoms with van der Waals surface area (Å²) in [6.07, 6.45) is -1.45. The van der Waals surface area contributed by atoms with Gasteiger partial charge in [0.2, 0.25) is 0 Å². The molecular formula is C11H10F2O2. The van der Waals surface area contributed by atoms with Gasteiger partial charge in [0.1, 0.15) is 12.4 Å². The number of Topliss-reactive ketones (excluding diaryl/α,β-unsaturated/α-hetero) is 1. The highest BCUT2D eigenvalue weighted by atomic mass is 19.3. The highest BCUT2D eigenvalue weighted by Crippen LogP contribution is 2.30. The minimum Gasteiger partial charge on any atom is -0.487 e. The summed E-state index contributed by atoms with van der Waals surface area (Å²) in [5, 5.41) is 0. The largest absolute Gasteiger partial charge is 0.487 e. The molecular weight excluding hydrogens is 202 g/mol. The van der Waals surface area contributed by atoms with E-state index in [-0.39, 0.29) is 5.78 Å². The number of carbonyl (C=O) groups excluding carboxylic acids is 1. The van der Waals surface area contributed by atoms with Crippen LogP contribution >= 0.6 is 0 Å². The Bertz CT molecular complexity index is 388. The SMILES string of the molecule is O=C1CCc2c(OCC(F)F)cccc21. The van der Waals surface area contributed by atoms with Crippen molar-refractivity contribution in [3.05, 3.63) is 29.3 Å². The minimum absolute atomic E-state index is 0.0625. The van der Waals surface area contributed by atoms with Crippen molar-refractivity contribution in [2.45, 2.75) is 19.3 Å². The van der Waals surface area contributed by atoms with E-state index in [1.807, 2.05) is 0 Å². The van der Waals surface area contributed by atoms with Crippen LogP contribution in [0.1, 0.15) is 22.3 Å². The van der Waals surface area contributed by atoms with Gasteiger partial charge in [-0.1, -0.05) is 12.1 Å². The second-order valence-electron chi connectivity index (χ2n) is 3.41. The maximum absolute atomic E-state index is 12.0. The van der Waals surface area contributed by atoms with Gasteiger partial charge < -0.3 is 4.74 Å². The molecule has 0 amide bonds. The highest BCUT2D eigenvalue weighted by molar-refractivity contribution is 6.01. The monoisotopic (exact) mass is 212 g/mol. The number of benzene rings is 1. The maximum Gasteiger partial charge on any atom is 0.272 e. The number of carbonyl (C=O) groups is 1. The Balaban J connectivity index is 2.22. The van der Waals surface area contributed by atoms with E-state index in [1.165, 1.54) is 0 Å². The number of halogens is 2. The molecule has 15 heavy (non-hydrogen) atoms. The van der Waals surface area contributed by atoms with Crippen LogP contribution in [-0.2, 0) is 6.42 Å². The van der Waals surface area contributed by atoms with Crippen LogP contribution in [0.25, 0.3) is 0 Å². The van der Waals surface area contributed by atoms with Gasteiger partial charge in [0.15, 0.2) is 5.78 Å². The molecule has 2 rings (SSSR count). The molecule has 0 saturated heterocycles. The zero-order chi connectivity index (χ0) is 10.8. The Morgan fingerprint density at radius 1 is 1.33 bits per heavy atom. The molecule has 0 aliphatic heterocycles. The normalized spacial score (nSPS) is 14.5. The molecule has 0 spiro atoms. The molecule has 1 aliphatic rings. The van der Waals surface area contributed by atoms with E-state index in [9.17, 15) is 13.6 Å². The quantitative estimate of drug-likeness (QED) is 0.769. The van der Waals surface area contributed by atoms with Crippen LogP contribution < -0.4 is 4.74 Å². The van der Waals surface area contributed by atoms with Crippen LogP contribution in [0.15, 0.2) is 18.2 Å². The summed E-state index contributed by atoms with van der Waals surface area (Å²) in [6.45, 7) is -0.620. The lowest BCUT2D eigenvalue weighted by atomic mass is 10.1. The molecule has 0 saturated carbocycles. The summed E-state index contributed by atoms with van der Waals surface area (Å²) < 4.78 is 28.9. The molecule has 0 heterocycles. The standard InChI is InChI=1S/C11H10F2O2/c12-11(13)6-15-10-3-1-2-7-8(10)4-5-9(7)14/h1-3,11H,4-6H2. The van der Waals surface area contributed by atoms with E-state index in [0.717, 1.165) is 5.56 Å². The van der Waals surface area contributed by atoms with Crippen molar-refractivity contribution in [1.29, 1.82) is 0 Å². The molecule has 1 aromatic carbocycles. The summed E-state index contributed by atoms with van der Waals surface area (Å²) in [7, 11) is 0. The van der Waals surface area contributed by atoms with Crippen LogP contribution in [0.5, 0.6) is 5.75 Å². The third-order valence-electron chi connectivity index (χ3n) is 2.40. The molecule has 1 aliphatic carbocycles.